The van der Waals surface area contributed by atoms with Crippen molar-refractivity contribution in [3.63, 3.8) is 0 Å². The van der Waals surface area contributed by atoms with E-state index in [2.05, 4.69) is 21.4 Å². The Bertz CT molecular complexity index is 605. The molecule has 0 spiro atoms. The number of carbonyl (C=O) groups excluding carboxylic acids is 2. The van der Waals surface area contributed by atoms with Gasteiger partial charge in [-0.25, -0.2) is 4.98 Å². The molecule has 1 amide bonds. The van der Waals surface area contributed by atoms with E-state index in [4.69, 9.17) is 4.74 Å². The average Bonchev–Trinajstić information content (AvgIpc) is 3.04. The average molecular weight is 334 g/mol. The number of aromatic nitrogens is 2. The topological polar surface area (TPSA) is 67.7 Å². The lowest BCUT2D eigenvalue weighted by Crippen LogP contribution is -2.40. The number of piperidine rings is 1. The lowest BCUT2D eigenvalue weighted by Gasteiger charge is -2.30. The summed E-state index contributed by atoms with van der Waals surface area (Å²) < 4.78 is 7.16. The van der Waals surface area contributed by atoms with Crippen molar-refractivity contribution in [2.75, 3.05) is 32.8 Å². The third kappa shape index (κ3) is 3.45. The summed E-state index contributed by atoms with van der Waals surface area (Å²) >= 11 is 0. The van der Waals surface area contributed by atoms with Crippen LogP contribution in [0.25, 0.3) is 0 Å². The second-order valence-electron chi connectivity index (χ2n) is 6.42. The molecule has 0 unspecified atom stereocenters. The highest BCUT2D eigenvalue weighted by molar-refractivity contribution is 5.92. The molecule has 1 saturated heterocycles. The maximum atomic E-state index is 12.7. The van der Waals surface area contributed by atoms with Gasteiger partial charge < -0.3 is 14.2 Å². The quantitative estimate of drug-likeness (QED) is 0.772. The standard InChI is InChI=1S/C17H26N4O3/c1-3-19-9-10-21-11-14(18-15(21)12-19)16(22)20-7-5-13(6-8-20)17(23)24-4-2/h11,13H,3-10,12H2,1-2H3. The number of carbonyl (C=O) groups is 2. The van der Waals surface area contributed by atoms with Gasteiger partial charge in [-0.15, -0.1) is 0 Å². The summed E-state index contributed by atoms with van der Waals surface area (Å²) in [6, 6.07) is 0. The van der Waals surface area contributed by atoms with Crippen molar-refractivity contribution in [1.29, 1.82) is 0 Å². The van der Waals surface area contributed by atoms with E-state index in [1.165, 1.54) is 0 Å². The van der Waals surface area contributed by atoms with Crippen LogP contribution in [-0.4, -0.2) is 64.0 Å². The Hall–Kier alpha value is -1.89. The van der Waals surface area contributed by atoms with E-state index in [-0.39, 0.29) is 17.8 Å². The van der Waals surface area contributed by atoms with Crippen LogP contribution in [0.1, 0.15) is 43.0 Å². The number of esters is 1. The highest BCUT2D eigenvalue weighted by Gasteiger charge is 2.30. The van der Waals surface area contributed by atoms with Gasteiger partial charge in [0.25, 0.3) is 5.91 Å². The largest absolute Gasteiger partial charge is 0.466 e. The van der Waals surface area contributed by atoms with Crippen LogP contribution in [0.2, 0.25) is 0 Å². The van der Waals surface area contributed by atoms with E-state index >= 15 is 0 Å². The Morgan fingerprint density at radius 3 is 2.62 bits per heavy atom. The molecule has 0 bridgehead atoms. The van der Waals surface area contributed by atoms with Gasteiger partial charge in [-0.1, -0.05) is 6.92 Å². The van der Waals surface area contributed by atoms with Crippen molar-refractivity contribution >= 4 is 11.9 Å². The van der Waals surface area contributed by atoms with Crippen molar-refractivity contribution in [2.24, 2.45) is 5.92 Å². The molecule has 0 atom stereocenters. The Morgan fingerprint density at radius 2 is 1.96 bits per heavy atom. The molecule has 24 heavy (non-hydrogen) atoms. The molecule has 0 aromatic carbocycles. The lowest BCUT2D eigenvalue weighted by atomic mass is 9.97. The van der Waals surface area contributed by atoms with Gasteiger partial charge in [0.05, 0.1) is 19.1 Å². The molecule has 2 aliphatic heterocycles. The summed E-state index contributed by atoms with van der Waals surface area (Å²) in [5, 5.41) is 0. The fraction of sp³-hybridized carbons (Fsp3) is 0.706. The molecule has 3 rings (SSSR count). The molecule has 132 valence electrons. The van der Waals surface area contributed by atoms with Crippen LogP contribution in [0.3, 0.4) is 0 Å². The van der Waals surface area contributed by atoms with Gasteiger partial charge in [0.2, 0.25) is 0 Å². The molecule has 7 nitrogen and oxygen atoms in total. The van der Waals surface area contributed by atoms with Crippen LogP contribution in [0.4, 0.5) is 0 Å². The second-order valence-corrected chi connectivity index (χ2v) is 6.42. The van der Waals surface area contributed by atoms with E-state index in [0.29, 0.717) is 38.2 Å². The maximum absolute atomic E-state index is 12.7. The van der Waals surface area contributed by atoms with Gasteiger partial charge in [0.1, 0.15) is 11.5 Å². The lowest BCUT2D eigenvalue weighted by molar-refractivity contribution is -0.149. The number of imidazole rings is 1. The minimum absolute atomic E-state index is 0.0257. The molecular weight excluding hydrogens is 308 g/mol. The molecule has 7 heteroatoms. The minimum atomic E-state index is -0.137. The zero-order chi connectivity index (χ0) is 17.1. The summed E-state index contributed by atoms with van der Waals surface area (Å²) in [5.74, 6) is 0.721. The van der Waals surface area contributed by atoms with Gasteiger partial charge in [-0.3, -0.25) is 14.5 Å². The Morgan fingerprint density at radius 1 is 1.21 bits per heavy atom. The number of nitrogens with zero attached hydrogens (tertiary/aromatic N) is 4. The highest BCUT2D eigenvalue weighted by Crippen LogP contribution is 2.21. The van der Waals surface area contributed by atoms with E-state index in [0.717, 1.165) is 32.0 Å². The molecule has 0 radical (unpaired) electrons. The molecule has 0 saturated carbocycles. The van der Waals surface area contributed by atoms with Gasteiger partial charge >= 0.3 is 5.97 Å². The van der Waals surface area contributed by atoms with Crippen molar-refractivity contribution in [1.82, 2.24) is 19.4 Å². The van der Waals surface area contributed by atoms with Crippen LogP contribution in [0.5, 0.6) is 0 Å². The van der Waals surface area contributed by atoms with Gasteiger partial charge in [-0.05, 0) is 26.3 Å². The number of amides is 1. The third-order valence-corrected chi connectivity index (χ3v) is 4.95. The van der Waals surface area contributed by atoms with Crippen LogP contribution in [0, 0.1) is 5.92 Å². The summed E-state index contributed by atoms with van der Waals surface area (Å²) in [6.07, 6.45) is 3.21. The number of ether oxygens (including phenoxy) is 1. The van der Waals surface area contributed by atoms with Gasteiger partial charge in [-0.2, -0.15) is 0 Å². The van der Waals surface area contributed by atoms with Gasteiger partial charge in [0, 0.05) is 32.4 Å². The van der Waals surface area contributed by atoms with Crippen molar-refractivity contribution in [3.8, 4) is 0 Å². The highest BCUT2D eigenvalue weighted by atomic mass is 16.5. The van der Waals surface area contributed by atoms with E-state index < -0.39 is 0 Å². The van der Waals surface area contributed by atoms with E-state index in [9.17, 15) is 9.59 Å². The third-order valence-electron chi connectivity index (χ3n) is 4.95. The molecule has 1 aromatic rings. The first-order valence-corrected chi connectivity index (χ1v) is 8.86. The predicted molar refractivity (Wildman–Crippen MR) is 88.4 cm³/mol. The monoisotopic (exact) mass is 334 g/mol. The van der Waals surface area contributed by atoms with Crippen molar-refractivity contribution in [3.05, 3.63) is 17.7 Å². The fourth-order valence-corrected chi connectivity index (χ4v) is 3.42. The van der Waals surface area contributed by atoms with Crippen LogP contribution in [-0.2, 0) is 22.6 Å². The van der Waals surface area contributed by atoms with Gasteiger partial charge in [0.15, 0.2) is 0 Å². The zero-order valence-electron chi connectivity index (χ0n) is 14.5. The first-order valence-electron chi connectivity index (χ1n) is 8.86. The SMILES string of the molecule is CCOC(=O)C1CCN(C(=O)c2cn3c(n2)CN(CC)CC3)CC1. The molecular formula is C17H26N4O3. The Labute approximate surface area is 142 Å². The van der Waals surface area contributed by atoms with Crippen LogP contribution in [0.15, 0.2) is 6.20 Å². The summed E-state index contributed by atoms with van der Waals surface area (Å²) in [6.45, 7) is 9.22. The smallest absolute Gasteiger partial charge is 0.309 e. The molecule has 0 aliphatic carbocycles. The fourth-order valence-electron chi connectivity index (χ4n) is 3.42. The summed E-state index contributed by atoms with van der Waals surface area (Å²) in [7, 11) is 0. The number of fused-ring (bicyclic) bond motifs is 1. The predicted octanol–water partition coefficient (Wildman–Crippen LogP) is 1.13. The van der Waals surface area contributed by atoms with E-state index in [1.54, 1.807) is 0 Å². The summed E-state index contributed by atoms with van der Waals surface area (Å²) in [4.78, 5) is 33.2. The minimum Gasteiger partial charge on any atom is -0.466 e. The summed E-state index contributed by atoms with van der Waals surface area (Å²) in [5.41, 5.74) is 0.525. The first kappa shape index (κ1) is 17.0. The van der Waals surface area contributed by atoms with Crippen LogP contribution < -0.4 is 0 Å². The molecule has 1 aromatic heterocycles. The number of hydrogen-bond acceptors (Lipinski definition) is 5. The zero-order valence-corrected chi connectivity index (χ0v) is 14.5. The number of hydrogen-bond donors (Lipinski definition) is 0. The Balaban J connectivity index is 1.60. The maximum Gasteiger partial charge on any atom is 0.309 e. The number of rotatable bonds is 4. The van der Waals surface area contributed by atoms with Crippen LogP contribution >= 0.6 is 0 Å². The second kappa shape index (κ2) is 7.34. The molecule has 3 heterocycles. The van der Waals surface area contributed by atoms with Crippen molar-refractivity contribution < 1.29 is 14.3 Å². The normalized spacial score (nSPS) is 19.2. The Kier molecular flexibility index (Phi) is 5.18. The molecule has 2 aliphatic rings. The van der Waals surface area contributed by atoms with Crippen molar-refractivity contribution in [2.45, 2.75) is 39.8 Å². The number of likely N-dealkylation sites (tertiary alicyclic amines) is 1. The number of likely N-dealkylation sites (N-methyl/N-ethyl adjacent to an activating group) is 1. The molecule has 1 fully saturated rings. The molecule has 0 N–H and O–H groups in total. The first-order chi connectivity index (χ1) is 11.6. The van der Waals surface area contributed by atoms with E-state index in [1.807, 2.05) is 18.0 Å².